The monoisotopic (exact) mass is 551 g/mol. The van der Waals surface area contributed by atoms with Crippen molar-refractivity contribution in [2.24, 2.45) is 0 Å². The van der Waals surface area contributed by atoms with Gasteiger partial charge in [0.25, 0.3) is 0 Å². The summed E-state index contributed by atoms with van der Waals surface area (Å²) >= 11 is 0. The lowest BCUT2D eigenvalue weighted by Gasteiger charge is -2.21. The Morgan fingerprint density at radius 2 is 1.33 bits per heavy atom. The summed E-state index contributed by atoms with van der Waals surface area (Å²) in [6, 6.07) is 40.9. The Kier molecular flexibility index (Phi) is 4.23. The van der Waals surface area contributed by atoms with E-state index in [0.29, 0.717) is 5.95 Å². The summed E-state index contributed by atoms with van der Waals surface area (Å²) in [5, 5.41) is 5.92. The van der Waals surface area contributed by atoms with Gasteiger partial charge in [0.05, 0.1) is 27.6 Å². The van der Waals surface area contributed by atoms with Gasteiger partial charge in [-0.3, -0.25) is 4.57 Å². The molecule has 4 nitrogen and oxygen atoms in total. The van der Waals surface area contributed by atoms with Gasteiger partial charge in [0, 0.05) is 21.8 Å². The average Bonchev–Trinajstić information content (AvgIpc) is 3.50. The van der Waals surface area contributed by atoms with Crippen molar-refractivity contribution in [1.29, 1.82) is 0 Å². The van der Waals surface area contributed by atoms with Gasteiger partial charge in [0.2, 0.25) is 5.95 Å². The summed E-state index contributed by atoms with van der Waals surface area (Å²) in [5.41, 5.74) is 10.4. The quantitative estimate of drug-likeness (QED) is 0.204. The molecule has 43 heavy (non-hydrogen) atoms. The summed E-state index contributed by atoms with van der Waals surface area (Å²) in [5.74, 6) is 2.27. The number of aromatic nitrogens is 3. The topological polar surface area (TPSA) is 39.9 Å². The fourth-order valence-electron chi connectivity index (χ4n) is 7.68. The van der Waals surface area contributed by atoms with E-state index in [2.05, 4.69) is 103 Å². The Balaban J connectivity index is 1.32. The third-order valence-electron chi connectivity index (χ3n) is 9.61. The number of ether oxygens (including phenoxy) is 1. The minimum absolute atomic E-state index is 0.0394. The van der Waals surface area contributed by atoms with Crippen LogP contribution in [-0.2, 0) is 5.41 Å². The molecule has 0 amide bonds. The van der Waals surface area contributed by atoms with Crippen LogP contribution in [0.2, 0.25) is 0 Å². The largest absolute Gasteiger partial charge is 0.456 e. The van der Waals surface area contributed by atoms with E-state index in [1.165, 1.54) is 43.8 Å². The third-order valence-corrected chi connectivity index (χ3v) is 9.61. The van der Waals surface area contributed by atoms with Crippen molar-refractivity contribution in [2.45, 2.75) is 19.3 Å². The first-order chi connectivity index (χ1) is 21.1. The van der Waals surface area contributed by atoms with Crippen LogP contribution in [-0.4, -0.2) is 14.5 Å². The van der Waals surface area contributed by atoms with Gasteiger partial charge in [0.1, 0.15) is 11.5 Å². The Bertz CT molecular complexity index is 2520. The molecular weight excluding hydrogens is 526 g/mol. The SMILES string of the molecule is CC1(C)c2ccccc2-c2c1ccc1c2ccc2c1c1ccccc1n2-c1nc2c3c(cccc3n1)Oc1ccccc1-2. The molecule has 0 unspecified atom stereocenters. The van der Waals surface area contributed by atoms with Crippen LogP contribution in [0.15, 0.2) is 115 Å². The van der Waals surface area contributed by atoms with Crippen molar-refractivity contribution >= 4 is 43.5 Å². The lowest BCUT2D eigenvalue weighted by Crippen LogP contribution is -2.14. The van der Waals surface area contributed by atoms with E-state index >= 15 is 0 Å². The van der Waals surface area contributed by atoms with Crippen LogP contribution in [0.3, 0.4) is 0 Å². The average molecular weight is 552 g/mol. The normalized spacial score (nSPS) is 14.2. The molecule has 0 N–H and O–H groups in total. The number of rotatable bonds is 1. The highest BCUT2D eigenvalue weighted by Gasteiger charge is 2.36. The van der Waals surface area contributed by atoms with E-state index in [9.17, 15) is 0 Å². The van der Waals surface area contributed by atoms with Crippen LogP contribution >= 0.6 is 0 Å². The molecule has 3 heterocycles. The number of hydrogen-bond donors (Lipinski definition) is 0. The molecule has 6 aromatic carbocycles. The zero-order valence-electron chi connectivity index (χ0n) is 23.7. The Labute approximate surface area is 247 Å². The van der Waals surface area contributed by atoms with Crippen LogP contribution < -0.4 is 4.74 Å². The number of benzene rings is 6. The lowest BCUT2D eigenvalue weighted by atomic mass is 9.82. The van der Waals surface area contributed by atoms with E-state index < -0.39 is 0 Å². The second-order valence-corrected chi connectivity index (χ2v) is 12.2. The maximum Gasteiger partial charge on any atom is 0.235 e. The predicted molar refractivity (Wildman–Crippen MR) is 174 cm³/mol. The van der Waals surface area contributed by atoms with Crippen molar-refractivity contribution in [3.63, 3.8) is 0 Å². The first kappa shape index (κ1) is 23.1. The van der Waals surface area contributed by atoms with Crippen LogP contribution in [0.1, 0.15) is 25.0 Å². The Morgan fingerprint density at radius 3 is 2.26 bits per heavy atom. The van der Waals surface area contributed by atoms with E-state index in [4.69, 9.17) is 14.7 Å². The number of para-hydroxylation sites is 2. The molecule has 0 bridgehead atoms. The summed E-state index contributed by atoms with van der Waals surface area (Å²) < 4.78 is 8.49. The Morgan fingerprint density at radius 1 is 0.558 bits per heavy atom. The minimum Gasteiger partial charge on any atom is -0.456 e. The summed E-state index contributed by atoms with van der Waals surface area (Å²) in [6.45, 7) is 4.68. The van der Waals surface area contributed by atoms with E-state index in [1.807, 2.05) is 30.3 Å². The molecule has 2 aromatic heterocycles. The highest BCUT2D eigenvalue weighted by Crippen LogP contribution is 2.52. The van der Waals surface area contributed by atoms with Gasteiger partial charge in [-0.05, 0) is 69.4 Å². The fraction of sp³-hybridized carbons (Fsp3) is 0.0769. The zero-order valence-corrected chi connectivity index (χ0v) is 23.7. The van der Waals surface area contributed by atoms with Crippen LogP contribution in [0.4, 0.5) is 0 Å². The summed E-state index contributed by atoms with van der Waals surface area (Å²) in [6.07, 6.45) is 0. The van der Waals surface area contributed by atoms with Crippen LogP contribution in [0, 0.1) is 0 Å². The van der Waals surface area contributed by atoms with E-state index in [-0.39, 0.29) is 5.41 Å². The number of fused-ring (bicyclic) bond motifs is 11. The second kappa shape index (κ2) is 7.87. The minimum atomic E-state index is -0.0394. The molecule has 4 heteroatoms. The molecule has 202 valence electrons. The molecule has 1 aliphatic carbocycles. The molecule has 8 aromatic rings. The summed E-state index contributed by atoms with van der Waals surface area (Å²) in [4.78, 5) is 10.4. The smallest absolute Gasteiger partial charge is 0.235 e. The lowest BCUT2D eigenvalue weighted by molar-refractivity contribution is 0.486. The molecule has 1 aliphatic heterocycles. The maximum atomic E-state index is 6.26. The molecule has 0 saturated carbocycles. The van der Waals surface area contributed by atoms with Crippen molar-refractivity contribution in [1.82, 2.24) is 14.5 Å². The van der Waals surface area contributed by atoms with Gasteiger partial charge < -0.3 is 4.74 Å². The maximum absolute atomic E-state index is 6.26. The molecule has 0 fully saturated rings. The van der Waals surface area contributed by atoms with Crippen LogP contribution in [0.25, 0.3) is 71.8 Å². The highest BCUT2D eigenvalue weighted by atomic mass is 16.5. The molecule has 10 rings (SSSR count). The standard InChI is InChI=1S/C39H25N3O/c1-39(2)27-13-6-3-10-24(27)34-22-19-21-31-35(23(22)18-20-28(34)39)25-11-4-7-15-30(25)42(31)38-40-29-14-9-17-33-36(29)37(41-38)26-12-5-8-16-32(26)43-33/h3-21H,1-2H3. The first-order valence-corrected chi connectivity index (χ1v) is 14.8. The van der Waals surface area contributed by atoms with E-state index in [0.717, 1.165) is 44.7 Å². The number of hydrogen-bond acceptors (Lipinski definition) is 3. The first-order valence-electron chi connectivity index (χ1n) is 14.8. The fourth-order valence-corrected chi connectivity index (χ4v) is 7.68. The third kappa shape index (κ3) is 2.85. The van der Waals surface area contributed by atoms with Gasteiger partial charge in [-0.2, -0.15) is 0 Å². The van der Waals surface area contributed by atoms with Gasteiger partial charge >= 0.3 is 0 Å². The molecule has 0 spiro atoms. The molecular formula is C39H25N3O. The molecule has 2 aliphatic rings. The van der Waals surface area contributed by atoms with Crippen molar-refractivity contribution < 1.29 is 4.74 Å². The van der Waals surface area contributed by atoms with Crippen molar-refractivity contribution in [2.75, 3.05) is 0 Å². The van der Waals surface area contributed by atoms with Gasteiger partial charge in [0.15, 0.2) is 0 Å². The zero-order chi connectivity index (χ0) is 28.4. The van der Waals surface area contributed by atoms with Crippen LogP contribution in [0.5, 0.6) is 11.5 Å². The molecule has 0 radical (unpaired) electrons. The predicted octanol–water partition coefficient (Wildman–Crippen LogP) is 9.96. The van der Waals surface area contributed by atoms with Gasteiger partial charge in [-0.25, -0.2) is 9.97 Å². The highest BCUT2D eigenvalue weighted by molar-refractivity contribution is 6.23. The summed E-state index contributed by atoms with van der Waals surface area (Å²) in [7, 11) is 0. The molecule has 0 atom stereocenters. The van der Waals surface area contributed by atoms with E-state index in [1.54, 1.807) is 0 Å². The Hall–Kier alpha value is -5.48. The van der Waals surface area contributed by atoms with Crippen molar-refractivity contribution in [3.05, 3.63) is 126 Å². The van der Waals surface area contributed by atoms with Crippen molar-refractivity contribution in [3.8, 4) is 39.8 Å². The molecule has 0 saturated heterocycles. The number of nitrogens with zero attached hydrogens (tertiary/aromatic N) is 3. The van der Waals surface area contributed by atoms with Gasteiger partial charge in [-0.15, -0.1) is 0 Å². The second-order valence-electron chi connectivity index (χ2n) is 12.2. The van der Waals surface area contributed by atoms with Gasteiger partial charge in [-0.1, -0.05) is 92.7 Å².